The number of aromatic nitrogens is 2. The van der Waals surface area contributed by atoms with Crippen LogP contribution in [0.4, 0.5) is 0 Å². The molecule has 0 aliphatic carbocycles. The summed E-state index contributed by atoms with van der Waals surface area (Å²) >= 11 is 1.57. The number of carbonyl (C=O) groups excluding carboxylic acids is 1. The number of aryl methyl sites for hydroxylation is 1. The van der Waals surface area contributed by atoms with Crippen molar-refractivity contribution in [3.05, 3.63) is 40.1 Å². The Morgan fingerprint density at radius 1 is 1.50 bits per heavy atom. The molecule has 5 heteroatoms. The summed E-state index contributed by atoms with van der Waals surface area (Å²) < 4.78 is 2.29. The van der Waals surface area contributed by atoms with E-state index >= 15 is 0 Å². The fourth-order valence-corrected chi connectivity index (χ4v) is 3.33. The second kappa shape index (κ2) is 5.40. The van der Waals surface area contributed by atoms with Gasteiger partial charge in [0.25, 0.3) is 5.91 Å². The van der Waals surface area contributed by atoms with Crippen LogP contribution in [0.2, 0.25) is 0 Å². The molecule has 0 N–H and O–H groups in total. The van der Waals surface area contributed by atoms with E-state index in [-0.39, 0.29) is 5.91 Å². The lowest BCUT2D eigenvalue weighted by Gasteiger charge is -2.39. The number of hydrogen-bond donors (Lipinski definition) is 0. The van der Waals surface area contributed by atoms with Crippen LogP contribution in [0.5, 0.6) is 0 Å². The van der Waals surface area contributed by atoms with E-state index in [1.54, 1.807) is 11.3 Å². The number of likely N-dealkylation sites (tertiary alicyclic amines) is 1. The molecule has 20 heavy (non-hydrogen) atoms. The fourth-order valence-electron chi connectivity index (χ4n) is 2.70. The van der Waals surface area contributed by atoms with Crippen molar-refractivity contribution in [1.29, 1.82) is 0 Å². The third kappa shape index (κ3) is 2.26. The first-order chi connectivity index (χ1) is 9.70. The monoisotopic (exact) mass is 289 g/mol. The van der Waals surface area contributed by atoms with Gasteiger partial charge in [-0.1, -0.05) is 6.92 Å². The van der Waals surface area contributed by atoms with Crippen LogP contribution in [0.15, 0.2) is 23.0 Å². The van der Waals surface area contributed by atoms with Crippen molar-refractivity contribution in [3.8, 4) is 0 Å². The molecule has 1 amide bonds. The third-order valence-electron chi connectivity index (χ3n) is 3.84. The van der Waals surface area contributed by atoms with Crippen molar-refractivity contribution in [2.75, 3.05) is 13.1 Å². The highest BCUT2D eigenvalue weighted by Crippen LogP contribution is 2.28. The predicted octanol–water partition coefficient (Wildman–Crippen LogP) is 2.90. The number of imidazole rings is 1. The molecule has 1 fully saturated rings. The zero-order valence-electron chi connectivity index (χ0n) is 11.9. The van der Waals surface area contributed by atoms with Crippen molar-refractivity contribution in [2.45, 2.75) is 32.7 Å². The molecule has 0 spiro atoms. The zero-order valence-corrected chi connectivity index (χ0v) is 12.7. The molecule has 0 unspecified atom stereocenters. The zero-order chi connectivity index (χ0) is 14.1. The first kappa shape index (κ1) is 13.4. The fraction of sp³-hybridized carbons (Fsp3) is 0.467. The largest absolute Gasteiger partial charge is 0.337 e. The number of thiophene rings is 1. The molecule has 1 aliphatic rings. The van der Waals surface area contributed by atoms with E-state index in [9.17, 15) is 4.79 Å². The molecule has 0 saturated carbocycles. The minimum absolute atomic E-state index is 0.146. The summed E-state index contributed by atoms with van der Waals surface area (Å²) in [6, 6.07) is 1.89. The van der Waals surface area contributed by atoms with Crippen LogP contribution in [0.3, 0.4) is 0 Å². The van der Waals surface area contributed by atoms with Crippen molar-refractivity contribution < 1.29 is 4.79 Å². The Hall–Kier alpha value is -1.62. The standard InChI is InChI=1S/C15H19N3OS/c1-3-5-18-11(2)7-16-14(18)13-8-17(9-13)15(19)12-4-6-20-10-12/h4,6-7,10,13H,3,5,8-9H2,1-2H3. The smallest absolute Gasteiger partial charge is 0.254 e. The minimum Gasteiger partial charge on any atom is -0.337 e. The van der Waals surface area contributed by atoms with Crippen LogP contribution in [0, 0.1) is 6.92 Å². The van der Waals surface area contributed by atoms with Gasteiger partial charge in [0.05, 0.1) is 11.5 Å². The summed E-state index contributed by atoms with van der Waals surface area (Å²) in [5, 5.41) is 3.86. The maximum Gasteiger partial charge on any atom is 0.254 e. The summed E-state index contributed by atoms with van der Waals surface area (Å²) in [6.45, 7) is 6.86. The maximum atomic E-state index is 12.2. The van der Waals surface area contributed by atoms with E-state index in [1.165, 1.54) is 5.69 Å². The molecule has 1 aliphatic heterocycles. The van der Waals surface area contributed by atoms with Gasteiger partial charge in [-0.15, -0.1) is 0 Å². The number of carbonyl (C=O) groups is 1. The Labute approximate surface area is 123 Å². The summed E-state index contributed by atoms with van der Waals surface area (Å²) in [6.07, 6.45) is 3.04. The van der Waals surface area contributed by atoms with Crippen LogP contribution in [-0.2, 0) is 6.54 Å². The van der Waals surface area contributed by atoms with Crippen LogP contribution >= 0.6 is 11.3 Å². The summed E-state index contributed by atoms with van der Waals surface area (Å²) in [7, 11) is 0. The number of rotatable bonds is 4. The average molecular weight is 289 g/mol. The van der Waals surface area contributed by atoms with Gasteiger partial charge in [0, 0.05) is 36.9 Å². The summed E-state index contributed by atoms with van der Waals surface area (Å²) in [5.74, 6) is 1.67. The highest BCUT2D eigenvalue weighted by atomic mass is 32.1. The Balaban J connectivity index is 1.67. The first-order valence-electron chi connectivity index (χ1n) is 7.04. The summed E-state index contributed by atoms with van der Waals surface area (Å²) in [5.41, 5.74) is 2.02. The Morgan fingerprint density at radius 2 is 2.30 bits per heavy atom. The van der Waals surface area contributed by atoms with Crippen LogP contribution in [0.1, 0.15) is 41.1 Å². The lowest BCUT2D eigenvalue weighted by molar-refractivity contribution is 0.0591. The highest BCUT2D eigenvalue weighted by molar-refractivity contribution is 7.08. The topological polar surface area (TPSA) is 38.1 Å². The number of amides is 1. The van der Waals surface area contributed by atoms with E-state index in [0.29, 0.717) is 5.92 Å². The Morgan fingerprint density at radius 3 is 2.95 bits per heavy atom. The molecule has 2 aromatic rings. The van der Waals surface area contributed by atoms with Gasteiger partial charge in [-0.05, 0) is 24.8 Å². The maximum absolute atomic E-state index is 12.2. The van der Waals surface area contributed by atoms with Gasteiger partial charge in [0.15, 0.2) is 0 Å². The molecule has 3 heterocycles. The first-order valence-corrected chi connectivity index (χ1v) is 7.98. The molecule has 0 bridgehead atoms. The quantitative estimate of drug-likeness (QED) is 0.868. The Kier molecular flexibility index (Phi) is 3.61. The second-order valence-corrected chi connectivity index (χ2v) is 6.11. The molecule has 0 radical (unpaired) electrons. The number of nitrogens with zero attached hydrogens (tertiary/aromatic N) is 3. The summed E-state index contributed by atoms with van der Waals surface area (Å²) in [4.78, 5) is 18.6. The molecule has 0 aromatic carbocycles. The van der Waals surface area contributed by atoms with Crippen molar-refractivity contribution in [3.63, 3.8) is 0 Å². The van der Waals surface area contributed by atoms with Gasteiger partial charge in [-0.3, -0.25) is 4.79 Å². The van der Waals surface area contributed by atoms with Gasteiger partial charge in [0.1, 0.15) is 5.82 Å². The van der Waals surface area contributed by atoms with E-state index in [4.69, 9.17) is 0 Å². The third-order valence-corrected chi connectivity index (χ3v) is 4.52. The van der Waals surface area contributed by atoms with Crippen LogP contribution in [0.25, 0.3) is 0 Å². The van der Waals surface area contributed by atoms with Gasteiger partial charge >= 0.3 is 0 Å². The molecule has 2 aromatic heterocycles. The molecule has 4 nitrogen and oxygen atoms in total. The van der Waals surface area contributed by atoms with E-state index < -0.39 is 0 Å². The molecule has 3 rings (SSSR count). The van der Waals surface area contributed by atoms with Gasteiger partial charge in [0.2, 0.25) is 0 Å². The van der Waals surface area contributed by atoms with E-state index in [1.807, 2.05) is 27.9 Å². The average Bonchev–Trinajstić information content (AvgIpc) is 3.01. The van der Waals surface area contributed by atoms with Gasteiger partial charge in [-0.25, -0.2) is 4.98 Å². The number of hydrogen-bond acceptors (Lipinski definition) is 3. The normalized spacial score (nSPS) is 15.4. The second-order valence-electron chi connectivity index (χ2n) is 5.33. The SMILES string of the molecule is CCCn1c(C)cnc1C1CN(C(=O)c2ccsc2)C1. The van der Waals surface area contributed by atoms with Crippen LogP contribution < -0.4 is 0 Å². The molecule has 106 valence electrons. The Bertz CT molecular complexity index is 597. The van der Waals surface area contributed by atoms with Crippen molar-refractivity contribution in [1.82, 2.24) is 14.5 Å². The highest BCUT2D eigenvalue weighted by Gasteiger charge is 2.35. The lowest BCUT2D eigenvalue weighted by Crippen LogP contribution is -2.49. The minimum atomic E-state index is 0.146. The van der Waals surface area contributed by atoms with Crippen molar-refractivity contribution in [2.24, 2.45) is 0 Å². The molecule has 1 saturated heterocycles. The lowest BCUT2D eigenvalue weighted by atomic mass is 9.98. The van der Waals surface area contributed by atoms with E-state index in [2.05, 4.69) is 23.4 Å². The van der Waals surface area contributed by atoms with Crippen LogP contribution in [-0.4, -0.2) is 33.4 Å². The van der Waals surface area contributed by atoms with Gasteiger partial charge < -0.3 is 9.47 Å². The van der Waals surface area contributed by atoms with Gasteiger partial charge in [-0.2, -0.15) is 11.3 Å². The predicted molar refractivity (Wildman–Crippen MR) is 80.2 cm³/mol. The van der Waals surface area contributed by atoms with E-state index in [0.717, 1.165) is 37.4 Å². The van der Waals surface area contributed by atoms with Crippen molar-refractivity contribution >= 4 is 17.2 Å². The molecular formula is C15H19N3OS. The molecular weight excluding hydrogens is 270 g/mol. The molecule has 0 atom stereocenters.